The summed E-state index contributed by atoms with van der Waals surface area (Å²) < 4.78 is 16.5. The monoisotopic (exact) mass is 350 g/mol. The van der Waals surface area contributed by atoms with Crippen LogP contribution in [0, 0.1) is 11.8 Å². The van der Waals surface area contributed by atoms with Crippen molar-refractivity contribution in [3.05, 3.63) is 23.8 Å². The van der Waals surface area contributed by atoms with Gasteiger partial charge in [-0.15, -0.1) is 0 Å². The lowest BCUT2D eigenvalue weighted by Crippen LogP contribution is -2.40. The minimum absolute atomic E-state index is 0.192. The molecule has 0 radical (unpaired) electrons. The fraction of sp³-hybridized carbons (Fsp3) is 0.579. The molecule has 1 rings (SSSR count). The van der Waals surface area contributed by atoms with Crippen molar-refractivity contribution in [2.75, 3.05) is 20.8 Å². The molecule has 0 saturated carbocycles. The van der Waals surface area contributed by atoms with Crippen LogP contribution in [0.15, 0.2) is 18.2 Å². The summed E-state index contributed by atoms with van der Waals surface area (Å²) in [5, 5.41) is 10.4. The van der Waals surface area contributed by atoms with E-state index in [9.17, 15) is 5.11 Å². The van der Waals surface area contributed by atoms with Crippen LogP contribution in [0.1, 0.15) is 38.9 Å². The summed E-state index contributed by atoms with van der Waals surface area (Å²) in [4.78, 5) is 0. The van der Waals surface area contributed by atoms with Crippen molar-refractivity contribution < 1.29 is 19.0 Å². The summed E-state index contributed by atoms with van der Waals surface area (Å²) in [7, 11) is 1.42. The summed E-state index contributed by atoms with van der Waals surface area (Å²) in [6.45, 7) is 11.7. The Labute approximate surface area is 147 Å². The second kappa shape index (κ2) is 8.57. The van der Waals surface area contributed by atoms with Gasteiger partial charge in [0, 0.05) is 19.1 Å². The van der Waals surface area contributed by atoms with Gasteiger partial charge in [0.15, 0.2) is 8.32 Å². The van der Waals surface area contributed by atoms with Crippen molar-refractivity contribution in [1.29, 1.82) is 0 Å². The van der Waals surface area contributed by atoms with Crippen LogP contribution in [0.3, 0.4) is 0 Å². The van der Waals surface area contributed by atoms with Crippen molar-refractivity contribution >= 4 is 8.32 Å². The lowest BCUT2D eigenvalue weighted by molar-refractivity contribution is 0.236. The number of aliphatic hydroxyl groups excluding tert-OH is 1. The highest BCUT2D eigenvalue weighted by atomic mass is 28.4. The lowest BCUT2D eigenvalue weighted by atomic mass is 10.1. The number of benzene rings is 1. The third-order valence-corrected chi connectivity index (χ3v) is 8.96. The third-order valence-electron chi connectivity index (χ3n) is 4.42. The van der Waals surface area contributed by atoms with Gasteiger partial charge < -0.3 is 19.0 Å². The molecule has 0 aliphatic rings. The first-order chi connectivity index (χ1) is 11.1. The number of hydrogen-bond donors (Lipinski definition) is 1. The molecule has 0 spiro atoms. The van der Waals surface area contributed by atoms with Crippen LogP contribution in [0.4, 0.5) is 0 Å². The number of methoxy groups -OCH3 is 2. The summed E-state index contributed by atoms with van der Waals surface area (Å²) in [5.41, 5.74) is 0.656. The minimum Gasteiger partial charge on any atom is -0.497 e. The molecule has 1 aromatic rings. The molecule has 0 bridgehead atoms. The van der Waals surface area contributed by atoms with E-state index in [-0.39, 0.29) is 5.04 Å². The average molecular weight is 351 g/mol. The fourth-order valence-corrected chi connectivity index (χ4v) is 2.86. The molecule has 4 nitrogen and oxygen atoms in total. The Bertz CT molecular complexity index is 571. The Hall–Kier alpha value is -1.48. The minimum atomic E-state index is -1.73. The van der Waals surface area contributed by atoms with Gasteiger partial charge in [-0.05, 0) is 35.8 Å². The normalized spacial score (nSPS) is 13.0. The van der Waals surface area contributed by atoms with Crippen LogP contribution in [0.2, 0.25) is 18.1 Å². The standard InChI is InChI=1S/C19H30O4Si/c1-19(2,3)24(6,7)23-11-9-8-10-18(20)15-12-16(21-4)14-17(13-15)22-5/h12-14,18,20H,9,11H2,1-7H3/t18-/m1/s1. The molecule has 134 valence electrons. The van der Waals surface area contributed by atoms with Crippen LogP contribution in [0.5, 0.6) is 11.5 Å². The van der Waals surface area contributed by atoms with Crippen molar-refractivity contribution in [3.63, 3.8) is 0 Å². The fourth-order valence-electron chi connectivity index (χ4n) is 1.81. The van der Waals surface area contributed by atoms with Gasteiger partial charge in [-0.1, -0.05) is 32.6 Å². The Morgan fingerprint density at radius 2 is 1.62 bits per heavy atom. The van der Waals surface area contributed by atoms with Gasteiger partial charge >= 0.3 is 0 Å². The quantitative estimate of drug-likeness (QED) is 0.476. The molecule has 1 aromatic carbocycles. The van der Waals surface area contributed by atoms with E-state index >= 15 is 0 Å². The smallest absolute Gasteiger partial charge is 0.192 e. The van der Waals surface area contributed by atoms with E-state index in [4.69, 9.17) is 13.9 Å². The van der Waals surface area contributed by atoms with E-state index in [1.807, 2.05) is 0 Å². The van der Waals surface area contributed by atoms with E-state index < -0.39 is 14.4 Å². The van der Waals surface area contributed by atoms with Gasteiger partial charge in [-0.2, -0.15) is 0 Å². The van der Waals surface area contributed by atoms with Crippen LogP contribution >= 0.6 is 0 Å². The molecule has 0 aromatic heterocycles. The Morgan fingerprint density at radius 1 is 1.08 bits per heavy atom. The molecule has 0 amide bonds. The molecule has 0 aliphatic carbocycles. The van der Waals surface area contributed by atoms with Gasteiger partial charge in [0.25, 0.3) is 0 Å². The van der Waals surface area contributed by atoms with E-state index in [2.05, 4.69) is 45.7 Å². The van der Waals surface area contributed by atoms with E-state index in [1.165, 1.54) is 0 Å². The molecule has 24 heavy (non-hydrogen) atoms. The maximum Gasteiger partial charge on any atom is 0.192 e. The predicted octanol–water partition coefficient (Wildman–Crippen LogP) is 4.15. The van der Waals surface area contributed by atoms with Crippen LogP contribution in [0.25, 0.3) is 0 Å². The highest BCUT2D eigenvalue weighted by Crippen LogP contribution is 2.36. The lowest BCUT2D eigenvalue weighted by Gasteiger charge is -2.35. The topological polar surface area (TPSA) is 47.9 Å². The second-order valence-corrected chi connectivity index (χ2v) is 12.0. The van der Waals surface area contributed by atoms with E-state index in [0.29, 0.717) is 30.1 Å². The summed E-state index contributed by atoms with van der Waals surface area (Å²) in [6.07, 6.45) is -0.271. The molecule has 0 fully saturated rings. The van der Waals surface area contributed by atoms with Gasteiger partial charge in [0.1, 0.15) is 17.6 Å². The Balaban J connectivity index is 2.64. The molecule has 0 aliphatic heterocycles. The van der Waals surface area contributed by atoms with Crippen molar-refractivity contribution in [2.45, 2.75) is 51.4 Å². The third kappa shape index (κ3) is 5.86. The number of aliphatic hydroxyl groups is 1. The first-order valence-corrected chi connectivity index (χ1v) is 11.0. The molecule has 0 saturated heterocycles. The predicted molar refractivity (Wildman–Crippen MR) is 100 cm³/mol. The van der Waals surface area contributed by atoms with Crippen molar-refractivity contribution in [3.8, 4) is 23.3 Å². The van der Waals surface area contributed by atoms with E-state index in [1.54, 1.807) is 32.4 Å². The Kier molecular flexibility index (Phi) is 7.34. The zero-order valence-electron chi connectivity index (χ0n) is 15.9. The molecular formula is C19H30O4Si. The number of rotatable bonds is 6. The molecule has 1 N–H and O–H groups in total. The zero-order valence-corrected chi connectivity index (χ0v) is 16.9. The highest BCUT2D eigenvalue weighted by molar-refractivity contribution is 6.74. The van der Waals surface area contributed by atoms with Crippen molar-refractivity contribution in [2.24, 2.45) is 0 Å². The van der Waals surface area contributed by atoms with Crippen LogP contribution in [-0.2, 0) is 4.43 Å². The van der Waals surface area contributed by atoms with Crippen LogP contribution < -0.4 is 9.47 Å². The second-order valence-electron chi connectivity index (χ2n) is 7.23. The zero-order chi connectivity index (χ0) is 18.4. The molecule has 1 atom stereocenters. The summed E-state index contributed by atoms with van der Waals surface area (Å²) >= 11 is 0. The van der Waals surface area contributed by atoms with Gasteiger partial charge in [-0.25, -0.2) is 0 Å². The average Bonchev–Trinajstić information content (AvgIpc) is 2.52. The number of ether oxygens (including phenoxy) is 2. The SMILES string of the molecule is COc1cc(OC)cc([C@H](O)C#CCCO[Si](C)(C)C(C)(C)C)c1. The van der Waals surface area contributed by atoms with Gasteiger partial charge in [0.2, 0.25) is 0 Å². The number of hydrogen-bond acceptors (Lipinski definition) is 4. The first kappa shape index (κ1) is 20.6. The van der Waals surface area contributed by atoms with Crippen LogP contribution in [-0.4, -0.2) is 34.3 Å². The maximum atomic E-state index is 10.2. The van der Waals surface area contributed by atoms with Crippen molar-refractivity contribution in [1.82, 2.24) is 0 Å². The molecule has 0 unspecified atom stereocenters. The first-order valence-electron chi connectivity index (χ1n) is 8.14. The summed E-state index contributed by atoms with van der Waals surface area (Å²) in [5.74, 6) is 7.12. The maximum absolute atomic E-state index is 10.2. The largest absolute Gasteiger partial charge is 0.497 e. The molecular weight excluding hydrogens is 320 g/mol. The highest BCUT2D eigenvalue weighted by Gasteiger charge is 2.36. The van der Waals surface area contributed by atoms with E-state index in [0.717, 1.165) is 0 Å². The summed E-state index contributed by atoms with van der Waals surface area (Å²) in [6, 6.07) is 5.28. The molecule has 5 heteroatoms. The van der Waals surface area contributed by atoms with Gasteiger partial charge in [0.05, 0.1) is 14.2 Å². The Morgan fingerprint density at radius 3 is 2.08 bits per heavy atom. The molecule has 0 heterocycles. The van der Waals surface area contributed by atoms with Gasteiger partial charge in [-0.3, -0.25) is 0 Å².